The smallest absolute Gasteiger partial charge is 0.240 e. The first-order valence-corrected chi connectivity index (χ1v) is 8.40. The third-order valence-electron chi connectivity index (χ3n) is 2.85. The van der Waals surface area contributed by atoms with Gasteiger partial charge in [-0.1, -0.05) is 13.8 Å². The Morgan fingerprint density at radius 1 is 1.19 bits per heavy atom. The molecule has 0 unspecified atom stereocenters. The number of rotatable bonds is 8. The fraction of sp³-hybridized carbons (Fsp3) is 0.500. The van der Waals surface area contributed by atoms with E-state index in [1.165, 1.54) is 19.2 Å². The molecule has 0 heterocycles. The molecule has 1 aromatic carbocycles. The van der Waals surface area contributed by atoms with Gasteiger partial charge < -0.3 is 10.6 Å². The van der Waals surface area contributed by atoms with Crippen molar-refractivity contribution in [3.8, 4) is 0 Å². The van der Waals surface area contributed by atoms with Crippen LogP contribution in [0.4, 0.5) is 5.69 Å². The largest absolute Gasteiger partial charge is 0.326 e. The van der Waals surface area contributed by atoms with E-state index in [4.69, 9.17) is 0 Å². The van der Waals surface area contributed by atoms with E-state index in [2.05, 4.69) is 29.2 Å². The van der Waals surface area contributed by atoms with Gasteiger partial charge in [-0.05, 0) is 44.3 Å². The Hall–Kier alpha value is -1.44. The summed E-state index contributed by atoms with van der Waals surface area (Å²) in [6.45, 7) is 4.91. The zero-order chi connectivity index (χ0) is 15.9. The molecule has 1 amide bonds. The minimum Gasteiger partial charge on any atom is -0.326 e. The topological polar surface area (TPSA) is 87.3 Å². The van der Waals surface area contributed by atoms with Gasteiger partial charge >= 0.3 is 0 Å². The lowest BCUT2D eigenvalue weighted by atomic mass is 10.2. The van der Waals surface area contributed by atoms with E-state index in [0.717, 1.165) is 13.0 Å². The number of amides is 1. The second kappa shape index (κ2) is 8.11. The predicted molar refractivity (Wildman–Crippen MR) is 83.7 cm³/mol. The van der Waals surface area contributed by atoms with E-state index in [1.54, 1.807) is 12.1 Å². The molecule has 1 aromatic rings. The second-order valence-electron chi connectivity index (χ2n) is 4.99. The number of carbonyl (C=O) groups excluding carboxylic acids is 1. The Bertz CT molecular complexity index is 553. The van der Waals surface area contributed by atoms with Crippen LogP contribution in [0.15, 0.2) is 29.2 Å². The standard InChI is InChI=1S/C14H23N3O3S/c1-11(2)16-10-4-5-14(18)17-12-6-8-13(9-7-12)21(19,20)15-3/h6-9,11,15-16H,4-5,10H2,1-3H3,(H,17,18). The highest BCUT2D eigenvalue weighted by Crippen LogP contribution is 2.14. The van der Waals surface area contributed by atoms with Crippen LogP contribution >= 0.6 is 0 Å². The van der Waals surface area contributed by atoms with Crippen molar-refractivity contribution in [2.75, 3.05) is 18.9 Å². The molecule has 0 spiro atoms. The van der Waals surface area contributed by atoms with E-state index < -0.39 is 10.0 Å². The van der Waals surface area contributed by atoms with Crippen LogP contribution in [0.3, 0.4) is 0 Å². The van der Waals surface area contributed by atoms with Gasteiger partial charge in [-0.25, -0.2) is 13.1 Å². The van der Waals surface area contributed by atoms with Crippen molar-refractivity contribution in [2.24, 2.45) is 0 Å². The molecule has 0 fully saturated rings. The number of carbonyl (C=O) groups is 1. The molecule has 0 atom stereocenters. The molecule has 0 saturated carbocycles. The van der Waals surface area contributed by atoms with Gasteiger partial charge in [0.2, 0.25) is 15.9 Å². The summed E-state index contributed by atoms with van der Waals surface area (Å²) in [5.41, 5.74) is 0.590. The third-order valence-corrected chi connectivity index (χ3v) is 4.28. The molecule has 0 aromatic heterocycles. The lowest BCUT2D eigenvalue weighted by Crippen LogP contribution is -2.24. The first kappa shape index (κ1) is 17.6. The Balaban J connectivity index is 2.47. The van der Waals surface area contributed by atoms with Crippen molar-refractivity contribution in [1.82, 2.24) is 10.0 Å². The number of anilines is 1. The maximum Gasteiger partial charge on any atom is 0.240 e. The first-order chi connectivity index (χ1) is 9.85. The molecule has 1 rings (SSSR count). The number of benzene rings is 1. The molecule has 0 aliphatic carbocycles. The zero-order valence-corrected chi connectivity index (χ0v) is 13.5. The van der Waals surface area contributed by atoms with Crippen LogP contribution in [-0.4, -0.2) is 34.0 Å². The summed E-state index contributed by atoms with van der Waals surface area (Å²) >= 11 is 0. The van der Waals surface area contributed by atoms with E-state index in [9.17, 15) is 13.2 Å². The maximum atomic E-state index is 11.7. The predicted octanol–water partition coefficient (Wildman–Crippen LogP) is 1.31. The monoisotopic (exact) mass is 313 g/mol. The molecule has 7 heteroatoms. The van der Waals surface area contributed by atoms with Gasteiger partial charge in [-0.2, -0.15) is 0 Å². The van der Waals surface area contributed by atoms with Crippen molar-refractivity contribution < 1.29 is 13.2 Å². The van der Waals surface area contributed by atoms with Gasteiger partial charge in [-0.3, -0.25) is 4.79 Å². The molecule has 21 heavy (non-hydrogen) atoms. The van der Waals surface area contributed by atoms with Crippen LogP contribution in [0.25, 0.3) is 0 Å². The summed E-state index contributed by atoms with van der Waals surface area (Å²) in [4.78, 5) is 11.9. The highest BCUT2D eigenvalue weighted by molar-refractivity contribution is 7.89. The van der Waals surface area contributed by atoms with Crippen LogP contribution in [-0.2, 0) is 14.8 Å². The van der Waals surface area contributed by atoms with Gasteiger partial charge in [0.25, 0.3) is 0 Å². The molecule has 0 aliphatic heterocycles. The maximum absolute atomic E-state index is 11.7. The molecular weight excluding hydrogens is 290 g/mol. The number of nitrogens with one attached hydrogen (secondary N) is 3. The molecule has 0 saturated heterocycles. The molecule has 118 valence electrons. The summed E-state index contributed by atoms with van der Waals surface area (Å²) in [7, 11) is -2.08. The Morgan fingerprint density at radius 2 is 1.81 bits per heavy atom. The average molecular weight is 313 g/mol. The highest BCUT2D eigenvalue weighted by Gasteiger charge is 2.10. The third kappa shape index (κ3) is 6.24. The van der Waals surface area contributed by atoms with E-state index in [1.807, 2.05) is 0 Å². The van der Waals surface area contributed by atoms with Crippen molar-refractivity contribution in [3.63, 3.8) is 0 Å². The quantitative estimate of drug-likeness (QED) is 0.632. The molecule has 3 N–H and O–H groups in total. The van der Waals surface area contributed by atoms with E-state index in [-0.39, 0.29) is 10.8 Å². The number of sulfonamides is 1. The Kier molecular flexibility index (Phi) is 6.80. The van der Waals surface area contributed by atoms with Crippen LogP contribution in [0.5, 0.6) is 0 Å². The van der Waals surface area contributed by atoms with Crippen LogP contribution in [0.1, 0.15) is 26.7 Å². The van der Waals surface area contributed by atoms with Gasteiger partial charge in [-0.15, -0.1) is 0 Å². The molecule has 0 radical (unpaired) electrons. The van der Waals surface area contributed by atoms with Crippen LogP contribution in [0, 0.1) is 0 Å². The van der Waals surface area contributed by atoms with E-state index >= 15 is 0 Å². The minimum atomic E-state index is -3.44. The number of hydrogen-bond acceptors (Lipinski definition) is 4. The van der Waals surface area contributed by atoms with Crippen molar-refractivity contribution in [1.29, 1.82) is 0 Å². The Labute approximate surface area is 126 Å². The lowest BCUT2D eigenvalue weighted by molar-refractivity contribution is -0.116. The van der Waals surface area contributed by atoms with E-state index in [0.29, 0.717) is 18.2 Å². The van der Waals surface area contributed by atoms with Gasteiger partial charge in [0.05, 0.1) is 4.90 Å². The lowest BCUT2D eigenvalue weighted by Gasteiger charge is -2.09. The summed E-state index contributed by atoms with van der Waals surface area (Å²) in [6, 6.07) is 6.49. The molecule has 0 bridgehead atoms. The molecular formula is C14H23N3O3S. The summed E-state index contributed by atoms with van der Waals surface area (Å²) in [5, 5.41) is 5.99. The SMILES string of the molecule is CNS(=O)(=O)c1ccc(NC(=O)CCCNC(C)C)cc1. The van der Waals surface area contributed by atoms with Crippen LogP contribution < -0.4 is 15.4 Å². The number of hydrogen-bond donors (Lipinski definition) is 3. The van der Waals surface area contributed by atoms with Gasteiger partial charge in [0.1, 0.15) is 0 Å². The second-order valence-corrected chi connectivity index (χ2v) is 6.88. The summed E-state index contributed by atoms with van der Waals surface area (Å²) in [6.07, 6.45) is 1.19. The normalized spacial score (nSPS) is 11.6. The average Bonchev–Trinajstić information content (AvgIpc) is 2.44. The zero-order valence-electron chi connectivity index (χ0n) is 12.6. The fourth-order valence-electron chi connectivity index (χ4n) is 1.70. The van der Waals surface area contributed by atoms with Crippen molar-refractivity contribution in [2.45, 2.75) is 37.6 Å². The Morgan fingerprint density at radius 3 is 2.33 bits per heavy atom. The first-order valence-electron chi connectivity index (χ1n) is 6.92. The minimum absolute atomic E-state index is 0.0789. The molecule has 6 nitrogen and oxygen atoms in total. The molecule has 0 aliphatic rings. The fourth-order valence-corrected chi connectivity index (χ4v) is 2.43. The van der Waals surface area contributed by atoms with Gasteiger partial charge in [0, 0.05) is 18.2 Å². The van der Waals surface area contributed by atoms with Crippen LogP contribution in [0.2, 0.25) is 0 Å². The highest BCUT2D eigenvalue weighted by atomic mass is 32.2. The summed E-state index contributed by atoms with van der Waals surface area (Å²) in [5.74, 6) is -0.0789. The van der Waals surface area contributed by atoms with Gasteiger partial charge in [0.15, 0.2) is 0 Å². The summed E-state index contributed by atoms with van der Waals surface area (Å²) < 4.78 is 25.4. The van der Waals surface area contributed by atoms with Crippen molar-refractivity contribution >= 4 is 21.6 Å². The van der Waals surface area contributed by atoms with Crippen molar-refractivity contribution in [3.05, 3.63) is 24.3 Å².